The molecule has 0 aliphatic rings. The number of tetrazole rings is 1. The van der Waals surface area contributed by atoms with Crippen LogP contribution in [-0.2, 0) is 7.05 Å². The summed E-state index contributed by atoms with van der Waals surface area (Å²) in [7, 11) is 1.85. The first-order valence-corrected chi connectivity index (χ1v) is 7.12. The number of aryl methyl sites for hydroxylation is 1. The highest BCUT2D eigenvalue weighted by atomic mass is 35.5. The van der Waals surface area contributed by atoms with Crippen LogP contribution < -0.4 is 5.32 Å². The van der Waals surface area contributed by atoms with E-state index in [0.29, 0.717) is 0 Å². The molecule has 1 aromatic heterocycles. The van der Waals surface area contributed by atoms with Crippen LogP contribution in [0.1, 0.15) is 5.56 Å². The Morgan fingerprint density at radius 2 is 2.10 bits per heavy atom. The minimum Gasteiger partial charge on any atom is -0.312 e. The van der Waals surface area contributed by atoms with Crippen molar-refractivity contribution in [3.05, 3.63) is 42.0 Å². The van der Waals surface area contributed by atoms with Crippen molar-refractivity contribution in [2.75, 3.05) is 18.8 Å². The van der Waals surface area contributed by atoms with Gasteiger partial charge in [0.2, 0.25) is 5.16 Å². The SMILES string of the molecule is Cl.Cn1nnnc1SCCNCC=Cc1ccccc1. The lowest BCUT2D eigenvalue weighted by atomic mass is 10.2. The van der Waals surface area contributed by atoms with E-state index in [9.17, 15) is 0 Å². The third-order valence-corrected chi connectivity index (χ3v) is 3.48. The molecule has 108 valence electrons. The van der Waals surface area contributed by atoms with Crippen molar-refractivity contribution in [2.45, 2.75) is 5.16 Å². The summed E-state index contributed by atoms with van der Waals surface area (Å²) in [6.07, 6.45) is 4.25. The molecule has 1 heterocycles. The zero-order valence-corrected chi connectivity index (χ0v) is 12.9. The average molecular weight is 312 g/mol. The largest absolute Gasteiger partial charge is 0.312 e. The summed E-state index contributed by atoms with van der Waals surface area (Å²) < 4.78 is 1.68. The molecule has 0 saturated carbocycles. The highest BCUT2D eigenvalue weighted by Gasteiger charge is 2.00. The molecule has 0 saturated heterocycles. The maximum Gasteiger partial charge on any atom is 0.209 e. The summed E-state index contributed by atoms with van der Waals surface area (Å²) in [5.74, 6) is 0.952. The van der Waals surface area contributed by atoms with E-state index in [0.717, 1.165) is 24.0 Å². The average Bonchev–Trinajstić information content (AvgIpc) is 2.84. The van der Waals surface area contributed by atoms with Crippen molar-refractivity contribution in [1.82, 2.24) is 25.5 Å². The van der Waals surface area contributed by atoms with Crippen molar-refractivity contribution < 1.29 is 0 Å². The van der Waals surface area contributed by atoms with Gasteiger partial charge in [-0.15, -0.1) is 17.5 Å². The highest BCUT2D eigenvalue weighted by molar-refractivity contribution is 7.99. The first-order valence-electron chi connectivity index (χ1n) is 6.14. The van der Waals surface area contributed by atoms with Crippen molar-refractivity contribution in [3.63, 3.8) is 0 Å². The van der Waals surface area contributed by atoms with Crippen LogP contribution in [0.4, 0.5) is 0 Å². The van der Waals surface area contributed by atoms with Gasteiger partial charge in [0.1, 0.15) is 0 Å². The molecule has 0 amide bonds. The maximum absolute atomic E-state index is 3.91. The quantitative estimate of drug-likeness (QED) is 0.626. The monoisotopic (exact) mass is 311 g/mol. The molecule has 0 radical (unpaired) electrons. The van der Waals surface area contributed by atoms with Gasteiger partial charge < -0.3 is 5.32 Å². The van der Waals surface area contributed by atoms with E-state index < -0.39 is 0 Å². The van der Waals surface area contributed by atoms with E-state index in [1.54, 1.807) is 16.4 Å². The standard InChI is InChI=1S/C13H17N5S.ClH/c1-18-13(15-16-17-18)19-11-10-14-9-5-8-12-6-3-2-4-7-12;/h2-8,14H,9-11H2,1H3;1H. The van der Waals surface area contributed by atoms with Crippen molar-refractivity contribution in [1.29, 1.82) is 0 Å². The zero-order valence-electron chi connectivity index (χ0n) is 11.3. The molecule has 1 aromatic carbocycles. The van der Waals surface area contributed by atoms with Crippen LogP contribution in [0.2, 0.25) is 0 Å². The van der Waals surface area contributed by atoms with Crippen molar-refractivity contribution >= 4 is 30.2 Å². The third-order valence-electron chi connectivity index (χ3n) is 2.46. The number of hydrogen-bond acceptors (Lipinski definition) is 5. The fourth-order valence-electron chi connectivity index (χ4n) is 1.50. The first kappa shape index (κ1) is 16.7. The second-order valence-electron chi connectivity index (χ2n) is 3.95. The number of nitrogens with one attached hydrogen (secondary N) is 1. The Hall–Kier alpha value is -1.37. The van der Waals surface area contributed by atoms with Crippen molar-refractivity contribution in [3.8, 4) is 0 Å². The molecule has 0 unspecified atom stereocenters. The van der Waals surface area contributed by atoms with Gasteiger partial charge in [0.15, 0.2) is 0 Å². The number of rotatable bonds is 7. The lowest BCUT2D eigenvalue weighted by molar-refractivity contribution is 0.664. The van der Waals surface area contributed by atoms with Gasteiger partial charge >= 0.3 is 0 Å². The predicted molar refractivity (Wildman–Crippen MR) is 85.1 cm³/mol. The zero-order chi connectivity index (χ0) is 13.3. The van der Waals surface area contributed by atoms with Gasteiger partial charge in [-0.05, 0) is 16.0 Å². The van der Waals surface area contributed by atoms with Crippen LogP contribution in [0.15, 0.2) is 41.6 Å². The Morgan fingerprint density at radius 3 is 2.80 bits per heavy atom. The minimum absolute atomic E-state index is 0. The Labute approximate surface area is 129 Å². The van der Waals surface area contributed by atoms with Gasteiger partial charge in [-0.25, -0.2) is 4.68 Å². The molecule has 2 rings (SSSR count). The number of benzene rings is 1. The Balaban J connectivity index is 0.00000200. The molecule has 2 aromatic rings. The molecular weight excluding hydrogens is 294 g/mol. The lowest BCUT2D eigenvalue weighted by Crippen LogP contribution is -2.17. The smallest absolute Gasteiger partial charge is 0.209 e. The molecule has 5 nitrogen and oxygen atoms in total. The van der Waals surface area contributed by atoms with E-state index in [2.05, 4.69) is 45.1 Å². The molecule has 0 bridgehead atoms. The van der Waals surface area contributed by atoms with E-state index in [1.807, 2.05) is 25.2 Å². The van der Waals surface area contributed by atoms with E-state index in [-0.39, 0.29) is 12.4 Å². The van der Waals surface area contributed by atoms with Crippen LogP contribution in [0.25, 0.3) is 6.08 Å². The van der Waals surface area contributed by atoms with Crippen LogP contribution in [0.5, 0.6) is 0 Å². The second kappa shape index (κ2) is 9.52. The van der Waals surface area contributed by atoms with Gasteiger partial charge in [-0.3, -0.25) is 0 Å². The topological polar surface area (TPSA) is 55.6 Å². The normalized spacial score (nSPS) is 10.7. The highest BCUT2D eigenvalue weighted by Crippen LogP contribution is 2.10. The number of thioether (sulfide) groups is 1. The van der Waals surface area contributed by atoms with Crippen LogP contribution in [-0.4, -0.2) is 39.0 Å². The van der Waals surface area contributed by atoms with Gasteiger partial charge in [0.05, 0.1) is 0 Å². The lowest BCUT2D eigenvalue weighted by Gasteiger charge is -2.00. The number of nitrogens with zero attached hydrogens (tertiary/aromatic N) is 4. The molecule has 0 aliphatic carbocycles. The summed E-state index contributed by atoms with van der Waals surface area (Å²) >= 11 is 1.65. The van der Waals surface area contributed by atoms with Gasteiger partial charge in [-0.2, -0.15) is 0 Å². The molecule has 7 heteroatoms. The Bertz CT molecular complexity index is 514. The molecule has 0 fully saturated rings. The number of hydrogen-bond donors (Lipinski definition) is 1. The third kappa shape index (κ3) is 5.73. The predicted octanol–water partition coefficient (Wildman–Crippen LogP) is 2.03. The van der Waals surface area contributed by atoms with Gasteiger partial charge in [-0.1, -0.05) is 54.2 Å². The molecule has 0 spiro atoms. The molecular formula is C13H18ClN5S. The Morgan fingerprint density at radius 1 is 1.30 bits per heavy atom. The van der Waals surface area contributed by atoms with E-state index >= 15 is 0 Å². The minimum atomic E-state index is 0. The van der Waals surface area contributed by atoms with Gasteiger partial charge in [0.25, 0.3) is 0 Å². The fraction of sp³-hybridized carbons (Fsp3) is 0.308. The van der Waals surface area contributed by atoms with E-state index in [4.69, 9.17) is 0 Å². The summed E-state index contributed by atoms with van der Waals surface area (Å²) in [6.45, 7) is 1.79. The van der Waals surface area contributed by atoms with Crippen LogP contribution in [0, 0.1) is 0 Å². The van der Waals surface area contributed by atoms with Crippen LogP contribution in [0.3, 0.4) is 0 Å². The molecule has 0 aliphatic heterocycles. The van der Waals surface area contributed by atoms with E-state index in [1.165, 1.54) is 5.56 Å². The van der Waals surface area contributed by atoms with Crippen LogP contribution >= 0.6 is 24.2 Å². The fourth-order valence-corrected chi connectivity index (χ4v) is 2.25. The summed E-state index contributed by atoms with van der Waals surface area (Å²) in [4.78, 5) is 0. The second-order valence-corrected chi connectivity index (χ2v) is 5.01. The summed E-state index contributed by atoms with van der Waals surface area (Å²) in [5.41, 5.74) is 1.23. The molecule has 1 N–H and O–H groups in total. The molecule has 20 heavy (non-hydrogen) atoms. The van der Waals surface area contributed by atoms with Crippen molar-refractivity contribution in [2.24, 2.45) is 7.05 Å². The maximum atomic E-state index is 3.91. The Kier molecular flexibility index (Phi) is 7.94. The molecule has 0 atom stereocenters. The summed E-state index contributed by atoms with van der Waals surface area (Å²) in [6, 6.07) is 10.3. The first-order chi connectivity index (χ1) is 9.36. The van der Waals surface area contributed by atoms with Gasteiger partial charge in [0, 0.05) is 25.9 Å². The number of aromatic nitrogens is 4. The number of halogens is 1. The summed E-state index contributed by atoms with van der Waals surface area (Å²) in [5, 5.41) is 15.5.